The van der Waals surface area contributed by atoms with Crippen molar-refractivity contribution in [3.05, 3.63) is 58.4 Å². The molecule has 0 bridgehead atoms. The Morgan fingerprint density at radius 2 is 1.67 bits per heavy atom. The van der Waals surface area contributed by atoms with Crippen LogP contribution in [0, 0.1) is 25.1 Å². The molecule has 4 rings (SSSR count). The van der Waals surface area contributed by atoms with Gasteiger partial charge in [-0.15, -0.1) is 0 Å². The van der Waals surface area contributed by atoms with E-state index in [0.717, 1.165) is 24.0 Å². The monoisotopic (exact) mass is 560 g/mol. The van der Waals surface area contributed by atoms with E-state index in [9.17, 15) is 19.1 Å². The van der Waals surface area contributed by atoms with Crippen molar-refractivity contribution in [1.29, 1.82) is 0 Å². The molecule has 212 valence electrons. The summed E-state index contributed by atoms with van der Waals surface area (Å²) < 4.78 is 25.1. The highest BCUT2D eigenvalue weighted by molar-refractivity contribution is 6.32. The van der Waals surface area contributed by atoms with Crippen molar-refractivity contribution < 1.29 is 28.6 Å². The molecule has 0 aromatic heterocycles. The quantitative estimate of drug-likeness (QED) is 0.471. The molecule has 1 atom stereocenters. The number of carbonyl (C=O) groups is 2. The molecule has 39 heavy (non-hydrogen) atoms. The molecule has 2 saturated heterocycles. The minimum atomic E-state index is -0.541. The van der Waals surface area contributed by atoms with Gasteiger partial charge in [-0.05, 0) is 87.1 Å². The zero-order chi connectivity index (χ0) is 28.0. The molecule has 9 heteroatoms. The Labute approximate surface area is 234 Å². The molecule has 2 amide bonds. The molecule has 1 N–H and O–H groups in total. The van der Waals surface area contributed by atoms with E-state index in [1.807, 2.05) is 35.8 Å². The summed E-state index contributed by atoms with van der Waals surface area (Å²) in [4.78, 5) is 30.2. The predicted octanol–water partition coefficient (Wildman–Crippen LogP) is 4.93. The van der Waals surface area contributed by atoms with Crippen molar-refractivity contribution in [3.8, 4) is 11.5 Å². The SMILES string of the molecule is Cc1cc(OC[C@@]2(CC(=O)N3CCC(O)CC3)CCCN(C(=O)CCOc3ccc(F)cc3)C2)cc(C)c1Cl. The Morgan fingerprint density at radius 1 is 1.00 bits per heavy atom. The summed E-state index contributed by atoms with van der Waals surface area (Å²) in [6.07, 6.45) is 2.78. The number of carbonyl (C=O) groups excluding carboxylic acids is 2. The maximum atomic E-state index is 13.4. The Morgan fingerprint density at radius 3 is 2.33 bits per heavy atom. The van der Waals surface area contributed by atoms with Gasteiger partial charge in [-0.1, -0.05) is 11.6 Å². The van der Waals surface area contributed by atoms with Crippen molar-refractivity contribution in [2.75, 3.05) is 39.4 Å². The van der Waals surface area contributed by atoms with E-state index in [4.69, 9.17) is 21.1 Å². The normalized spacial score (nSPS) is 20.1. The highest BCUT2D eigenvalue weighted by Gasteiger charge is 2.41. The third-order valence-electron chi connectivity index (χ3n) is 7.71. The molecule has 2 heterocycles. The minimum absolute atomic E-state index is 0.0305. The fourth-order valence-electron chi connectivity index (χ4n) is 5.45. The Hall–Kier alpha value is -2.84. The lowest BCUT2D eigenvalue weighted by molar-refractivity contribution is -0.143. The summed E-state index contributed by atoms with van der Waals surface area (Å²) in [5.41, 5.74) is 1.30. The second kappa shape index (κ2) is 13.0. The number of rotatable bonds is 9. The molecule has 2 aromatic carbocycles. The number of piperidine rings is 2. The zero-order valence-corrected chi connectivity index (χ0v) is 23.5. The molecule has 0 spiro atoms. The van der Waals surface area contributed by atoms with Gasteiger partial charge in [-0.25, -0.2) is 4.39 Å². The number of aryl methyl sites for hydroxylation is 2. The van der Waals surface area contributed by atoms with E-state index in [-0.39, 0.29) is 43.2 Å². The molecule has 0 saturated carbocycles. The smallest absolute Gasteiger partial charge is 0.226 e. The van der Waals surface area contributed by atoms with Crippen molar-refractivity contribution in [2.45, 2.75) is 58.5 Å². The molecule has 7 nitrogen and oxygen atoms in total. The molecule has 2 aromatic rings. The highest BCUT2D eigenvalue weighted by atomic mass is 35.5. The van der Waals surface area contributed by atoms with Crippen LogP contribution in [-0.4, -0.2) is 72.2 Å². The maximum Gasteiger partial charge on any atom is 0.226 e. The van der Waals surface area contributed by atoms with Crippen LogP contribution in [0.2, 0.25) is 5.02 Å². The van der Waals surface area contributed by atoms with Gasteiger partial charge in [0.1, 0.15) is 17.3 Å². The maximum absolute atomic E-state index is 13.4. The van der Waals surface area contributed by atoms with Gasteiger partial charge >= 0.3 is 0 Å². The number of benzene rings is 2. The molecule has 0 aliphatic carbocycles. The van der Waals surface area contributed by atoms with E-state index in [1.165, 1.54) is 24.3 Å². The van der Waals surface area contributed by atoms with Gasteiger partial charge < -0.3 is 24.4 Å². The lowest BCUT2D eigenvalue weighted by Gasteiger charge is -2.43. The molecular formula is C30H38ClFN2O5. The third-order valence-corrected chi connectivity index (χ3v) is 8.31. The van der Waals surface area contributed by atoms with E-state index < -0.39 is 5.41 Å². The van der Waals surface area contributed by atoms with Crippen molar-refractivity contribution in [1.82, 2.24) is 9.80 Å². The van der Waals surface area contributed by atoms with Gasteiger partial charge in [0.05, 0.1) is 25.7 Å². The number of aliphatic hydroxyl groups is 1. The standard InChI is InChI=1S/C30H38ClFN2O5/c1-21-16-26(17-22(2)29(21)31)39-20-30(18-28(37)33-13-8-24(35)9-14-33)11-3-12-34(19-30)27(36)10-15-38-25-6-4-23(32)5-7-25/h4-7,16-17,24,35H,3,8-15,18-20H2,1-2H3/t30-/m1/s1. The Balaban J connectivity index is 1.44. The summed E-state index contributed by atoms with van der Waals surface area (Å²) in [7, 11) is 0. The summed E-state index contributed by atoms with van der Waals surface area (Å²) in [5.74, 6) is 0.843. The fraction of sp³-hybridized carbons (Fsp3) is 0.533. The van der Waals surface area contributed by atoms with Gasteiger partial charge in [-0.2, -0.15) is 0 Å². The number of halogens is 2. The molecule has 2 fully saturated rings. The summed E-state index contributed by atoms with van der Waals surface area (Å²) in [5, 5.41) is 10.6. The van der Waals surface area contributed by atoms with Crippen LogP contribution < -0.4 is 9.47 Å². The van der Waals surface area contributed by atoms with Crippen molar-refractivity contribution >= 4 is 23.4 Å². The first-order chi connectivity index (χ1) is 18.6. The lowest BCUT2D eigenvalue weighted by Crippen LogP contribution is -2.52. The van der Waals surface area contributed by atoms with Crippen molar-refractivity contribution in [3.63, 3.8) is 0 Å². The van der Waals surface area contributed by atoms with Crippen LogP contribution in [0.3, 0.4) is 0 Å². The van der Waals surface area contributed by atoms with Gasteiger partial charge in [0.2, 0.25) is 11.8 Å². The molecule has 0 radical (unpaired) electrons. The molecular weight excluding hydrogens is 523 g/mol. The van der Waals surface area contributed by atoms with E-state index in [0.29, 0.717) is 62.1 Å². The first kappa shape index (κ1) is 29.2. The first-order valence-electron chi connectivity index (χ1n) is 13.7. The summed E-state index contributed by atoms with van der Waals surface area (Å²) in [6, 6.07) is 9.51. The Bertz CT molecular complexity index is 1130. The van der Waals surface area contributed by atoms with Crippen LogP contribution in [0.1, 0.15) is 49.7 Å². The van der Waals surface area contributed by atoms with Crippen LogP contribution in [0.4, 0.5) is 4.39 Å². The minimum Gasteiger partial charge on any atom is -0.493 e. The number of likely N-dealkylation sites (tertiary alicyclic amines) is 2. The number of hydrogen-bond donors (Lipinski definition) is 1. The van der Waals surface area contributed by atoms with Gasteiger partial charge in [0.25, 0.3) is 0 Å². The fourth-order valence-corrected chi connectivity index (χ4v) is 5.56. The zero-order valence-electron chi connectivity index (χ0n) is 22.8. The van der Waals surface area contributed by atoms with E-state index in [2.05, 4.69) is 0 Å². The van der Waals surface area contributed by atoms with Crippen LogP contribution in [0.5, 0.6) is 11.5 Å². The molecule has 2 aliphatic heterocycles. The average Bonchev–Trinajstić information content (AvgIpc) is 2.92. The second-order valence-electron chi connectivity index (χ2n) is 10.9. The summed E-state index contributed by atoms with van der Waals surface area (Å²) in [6.45, 7) is 6.44. The average molecular weight is 561 g/mol. The van der Waals surface area contributed by atoms with E-state index in [1.54, 1.807) is 0 Å². The van der Waals surface area contributed by atoms with E-state index >= 15 is 0 Å². The molecule has 0 unspecified atom stereocenters. The molecule has 2 aliphatic rings. The topological polar surface area (TPSA) is 79.3 Å². The first-order valence-corrected chi connectivity index (χ1v) is 14.0. The summed E-state index contributed by atoms with van der Waals surface area (Å²) >= 11 is 6.34. The predicted molar refractivity (Wildman–Crippen MR) is 148 cm³/mol. The van der Waals surface area contributed by atoms with Gasteiger partial charge in [0.15, 0.2) is 0 Å². The second-order valence-corrected chi connectivity index (χ2v) is 11.3. The van der Waals surface area contributed by atoms with Crippen LogP contribution in [0.15, 0.2) is 36.4 Å². The van der Waals surface area contributed by atoms with Gasteiger partial charge in [-0.3, -0.25) is 9.59 Å². The number of hydrogen-bond acceptors (Lipinski definition) is 5. The Kier molecular flexibility index (Phi) is 9.72. The van der Waals surface area contributed by atoms with Crippen molar-refractivity contribution in [2.24, 2.45) is 5.41 Å². The number of nitrogens with zero attached hydrogens (tertiary/aromatic N) is 2. The highest BCUT2D eigenvalue weighted by Crippen LogP contribution is 2.36. The van der Waals surface area contributed by atoms with Crippen LogP contribution in [-0.2, 0) is 9.59 Å². The van der Waals surface area contributed by atoms with Crippen LogP contribution >= 0.6 is 11.6 Å². The largest absolute Gasteiger partial charge is 0.493 e. The van der Waals surface area contributed by atoms with Crippen LogP contribution in [0.25, 0.3) is 0 Å². The third kappa shape index (κ3) is 7.85. The van der Waals surface area contributed by atoms with Gasteiger partial charge in [0, 0.05) is 43.0 Å². The lowest BCUT2D eigenvalue weighted by atomic mass is 9.77. The number of amides is 2. The number of ether oxygens (including phenoxy) is 2. The number of aliphatic hydroxyl groups excluding tert-OH is 1.